The molecule has 0 aliphatic carbocycles. The second kappa shape index (κ2) is 7.24. The van der Waals surface area contributed by atoms with Gasteiger partial charge < -0.3 is 15.2 Å². The molecule has 27 heavy (non-hydrogen) atoms. The minimum absolute atomic E-state index is 0.0124. The summed E-state index contributed by atoms with van der Waals surface area (Å²) in [6.45, 7) is 6.36. The van der Waals surface area contributed by atoms with E-state index in [4.69, 9.17) is 12.2 Å². The fourth-order valence-corrected chi connectivity index (χ4v) is 5.03. The number of hydrogen-bond acceptors (Lipinski definition) is 2. The van der Waals surface area contributed by atoms with Crippen molar-refractivity contribution < 1.29 is 0 Å². The van der Waals surface area contributed by atoms with Gasteiger partial charge in [-0.05, 0) is 85.4 Å². The summed E-state index contributed by atoms with van der Waals surface area (Å²) in [6, 6.07) is 14.6. The van der Waals surface area contributed by atoms with Crippen molar-refractivity contribution in [2.45, 2.75) is 32.9 Å². The van der Waals surface area contributed by atoms with Gasteiger partial charge in [-0.15, -0.1) is 0 Å². The van der Waals surface area contributed by atoms with Crippen LogP contribution >= 0.6 is 34.8 Å². The molecule has 1 fully saturated rings. The summed E-state index contributed by atoms with van der Waals surface area (Å²) in [7, 11) is 0. The van der Waals surface area contributed by atoms with Crippen LogP contribution in [0.25, 0.3) is 0 Å². The van der Waals surface area contributed by atoms with E-state index in [1.807, 2.05) is 18.3 Å². The monoisotopic (exact) mass is 488 g/mol. The maximum atomic E-state index is 5.79. The molecule has 6 heteroatoms. The summed E-state index contributed by atoms with van der Waals surface area (Å²) in [5.74, 6) is 0. The van der Waals surface area contributed by atoms with E-state index in [1.165, 1.54) is 26.1 Å². The van der Waals surface area contributed by atoms with Crippen molar-refractivity contribution in [1.29, 1.82) is 0 Å². The Hall–Kier alpha value is -1.93. The van der Waals surface area contributed by atoms with Gasteiger partial charge in [-0.1, -0.05) is 18.2 Å². The molecule has 0 radical (unpaired) electrons. The van der Waals surface area contributed by atoms with Crippen molar-refractivity contribution in [3.05, 3.63) is 80.4 Å². The Morgan fingerprint density at radius 2 is 1.89 bits per heavy atom. The quantitative estimate of drug-likeness (QED) is 0.397. The second-order valence-electron chi connectivity index (χ2n) is 6.94. The van der Waals surface area contributed by atoms with E-state index in [0.717, 1.165) is 16.5 Å². The van der Waals surface area contributed by atoms with Crippen molar-refractivity contribution in [3.63, 3.8) is 0 Å². The molecule has 0 unspecified atom stereocenters. The number of halogens is 1. The maximum absolute atomic E-state index is 5.79. The summed E-state index contributed by atoms with van der Waals surface area (Å²) in [4.78, 5) is 10.4. The van der Waals surface area contributed by atoms with Gasteiger partial charge in [0.2, 0.25) is 0 Å². The van der Waals surface area contributed by atoms with Crippen molar-refractivity contribution in [1.82, 2.24) is 15.3 Å². The highest BCUT2D eigenvalue weighted by molar-refractivity contribution is 14.1. The van der Waals surface area contributed by atoms with Crippen LogP contribution in [0.5, 0.6) is 0 Å². The maximum Gasteiger partial charge on any atom is 0.174 e. The number of nitrogens with one attached hydrogen (secondary N) is 2. The molecule has 1 aromatic carbocycles. The first-order chi connectivity index (χ1) is 13.0. The number of nitrogens with zero attached hydrogens (tertiary/aromatic N) is 2. The smallest absolute Gasteiger partial charge is 0.174 e. The third-order valence-corrected chi connectivity index (χ3v) is 6.72. The molecule has 2 atom stereocenters. The number of aromatic amines is 1. The Morgan fingerprint density at radius 3 is 2.52 bits per heavy atom. The number of aryl methyl sites for hydroxylation is 3. The molecule has 0 saturated carbocycles. The van der Waals surface area contributed by atoms with Crippen molar-refractivity contribution in [2.75, 3.05) is 4.90 Å². The molecule has 2 N–H and O–H groups in total. The molecule has 0 bridgehead atoms. The Labute approximate surface area is 178 Å². The molecule has 4 nitrogen and oxygen atoms in total. The lowest BCUT2D eigenvalue weighted by atomic mass is 9.96. The van der Waals surface area contributed by atoms with E-state index in [9.17, 15) is 0 Å². The zero-order valence-electron chi connectivity index (χ0n) is 15.5. The van der Waals surface area contributed by atoms with Gasteiger partial charge in [-0.2, -0.15) is 0 Å². The molecular weight excluding hydrogens is 467 g/mol. The molecule has 1 aliphatic rings. The molecular formula is C21H21IN4S. The van der Waals surface area contributed by atoms with Gasteiger partial charge >= 0.3 is 0 Å². The van der Waals surface area contributed by atoms with Crippen LogP contribution in [0, 0.1) is 24.3 Å². The van der Waals surface area contributed by atoms with E-state index in [0.29, 0.717) is 0 Å². The van der Waals surface area contributed by atoms with Gasteiger partial charge in [0.1, 0.15) is 0 Å². The van der Waals surface area contributed by atoms with Gasteiger partial charge in [0.15, 0.2) is 5.11 Å². The number of pyridine rings is 1. The Balaban J connectivity index is 1.91. The molecule has 0 spiro atoms. The van der Waals surface area contributed by atoms with Gasteiger partial charge in [-0.25, -0.2) is 0 Å². The second-order valence-corrected chi connectivity index (χ2v) is 8.40. The van der Waals surface area contributed by atoms with E-state index < -0.39 is 0 Å². The fraction of sp³-hybridized carbons (Fsp3) is 0.238. The molecule has 1 aliphatic heterocycles. The number of rotatable bonds is 3. The SMILES string of the molecule is Cc1cccc(N2C(=S)N[C@@H](c3ccccn3)[C@H]2c2c(C)[nH]c(C)c2I)c1. The first-order valence-electron chi connectivity index (χ1n) is 8.89. The van der Waals surface area contributed by atoms with Crippen LogP contribution in [0.1, 0.15) is 40.3 Å². The molecule has 138 valence electrons. The Morgan fingerprint density at radius 1 is 1.07 bits per heavy atom. The van der Waals surface area contributed by atoms with Crippen LogP contribution < -0.4 is 10.2 Å². The van der Waals surface area contributed by atoms with Gasteiger partial charge in [0.05, 0.1) is 17.8 Å². The first kappa shape index (κ1) is 18.4. The first-order valence-corrected chi connectivity index (χ1v) is 10.4. The van der Waals surface area contributed by atoms with Crippen LogP contribution in [-0.4, -0.2) is 15.1 Å². The third-order valence-electron chi connectivity index (χ3n) is 5.02. The fourth-order valence-electron chi connectivity index (χ4n) is 3.83. The number of H-pyrrole nitrogens is 1. The summed E-state index contributed by atoms with van der Waals surface area (Å²) in [6.07, 6.45) is 1.84. The summed E-state index contributed by atoms with van der Waals surface area (Å²) in [5.41, 5.74) is 6.94. The minimum Gasteiger partial charge on any atom is -0.362 e. The van der Waals surface area contributed by atoms with E-state index in [2.05, 4.69) is 93.9 Å². The van der Waals surface area contributed by atoms with Crippen LogP contribution in [-0.2, 0) is 0 Å². The molecule has 2 aromatic heterocycles. The number of hydrogen-bond donors (Lipinski definition) is 2. The van der Waals surface area contributed by atoms with Crippen molar-refractivity contribution in [2.24, 2.45) is 0 Å². The predicted molar refractivity (Wildman–Crippen MR) is 122 cm³/mol. The zero-order chi connectivity index (χ0) is 19.1. The third kappa shape index (κ3) is 3.25. The van der Waals surface area contributed by atoms with Gasteiger partial charge in [0.25, 0.3) is 0 Å². The predicted octanol–water partition coefficient (Wildman–Crippen LogP) is 5.12. The van der Waals surface area contributed by atoms with Crippen LogP contribution in [0.15, 0.2) is 48.7 Å². The van der Waals surface area contributed by atoms with E-state index in [-0.39, 0.29) is 12.1 Å². The summed E-state index contributed by atoms with van der Waals surface area (Å²) < 4.78 is 1.25. The van der Waals surface area contributed by atoms with E-state index >= 15 is 0 Å². The topological polar surface area (TPSA) is 44.0 Å². The van der Waals surface area contributed by atoms with E-state index in [1.54, 1.807) is 0 Å². The highest BCUT2D eigenvalue weighted by atomic mass is 127. The molecule has 4 rings (SSSR count). The Kier molecular flexibility index (Phi) is 4.94. The largest absolute Gasteiger partial charge is 0.362 e. The van der Waals surface area contributed by atoms with Gasteiger partial charge in [-0.3, -0.25) is 4.98 Å². The summed E-state index contributed by atoms with van der Waals surface area (Å²) >= 11 is 8.23. The highest BCUT2D eigenvalue weighted by Crippen LogP contribution is 2.44. The average Bonchev–Trinajstić information content (AvgIpc) is 3.11. The Bertz CT molecular complexity index is 999. The van der Waals surface area contributed by atoms with Crippen molar-refractivity contribution in [3.8, 4) is 0 Å². The lowest BCUT2D eigenvalue weighted by Crippen LogP contribution is -2.29. The van der Waals surface area contributed by atoms with Crippen LogP contribution in [0.2, 0.25) is 0 Å². The lowest BCUT2D eigenvalue weighted by molar-refractivity contribution is 0.564. The van der Waals surface area contributed by atoms with Gasteiger partial charge in [0, 0.05) is 32.4 Å². The molecule has 3 heterocycles. The molecule has 0 amide bonds. The molecule has 3 aromatic rings. The number of benzene rings is 1. The normalized spacial score (nSPS) is 19.4. The van der Waals surface area contributed by atoms with Crippen LogP contribution in [0.3, 0.4) is 0 Å². The average molecular weight is 488 g/mol. The number of aromatic nitrogens is 2. The zero-order valence-corrected chi connectivity index (χ0v) is 18.4. The number of anilines is 1. The van der Waals surface area contributed by atoms with Crippen molar-refractivity contribution >= 4 is 45.6 Å². The summed E-state index contributed by atoms with van der Waals surface area (Å²) in [5, 5.41) is 4.26. The minimum atomic E-state index is -0.0124. The molecule has 1 saturated heterocycles. The number of thiocarbonyl (C=S) groups is 1. The van der Waals surface area contributed by atoms with Crippen LogP contribution in [0.4, 0.5) is 5.69 Å². The highest BCUT2D eigenvalue weighted by Gasteiger charge is 2.42. The lowest BCUT2D eigenvalue weighted by Gasteiger charge is -2.28. The standard InChI is InChI=1S/C21H21IN4S/c1-12-7-6-8-15(11-12)26-20(17-13(2)24-14(3)18(17)22)19(25-21(26)27)16-9-4-5-10-23-16/h4-11,19-20,24H,1-3H3,(H,25,27)/t19-,20+/m0/s1.